The molecular formula is C19H16F3N3O2S. The smallest absolute Gasteiger partial charge is 0.326 e. The molecule has 2 N–H and O–H groups in total. The quantitative estimate of drug-likeness (QED) is 0.796. The zero-order valence-electron chi connectivity index (χ0n) is 14.7. The van der Waals surface area contributed by atoms with Gasteiger partial charge < -0.3 is 10.6 Å². The molecule has 1 fully saturated rings. The van der Waals surface area contributed by atoms with Gasteiger partial charge in [-0.3, -0.25) is 9.59 Å². The molecule has 5 nitrogen and oxygen atoms in total. The van der Waals surface area contributed by atoms with Crippen molar-refractivity contribution >= 4 is 40.1 Å². The number of rotatable bonds is 4. The average molecular weight is 407 g/mol. The Bertz CT molecular complexity index is 944. The van der Waals surface area contributed by atoms with Crippen molar-refractivity contribution in [2.75, 3.05) is 5.32 Å². The summed E-state index contributed by atoms with van der Waals surface area (Å²) in [5, 5.41) is 4.70. The third-order valence-corrected chi connectivity index (χ3v) is 4.94. The van der Waals surface area contributed by atoms with Crippen LogP contribution in [0.3, 0.4) is 0 Å². The summed E-state index contributed by atoms with van der Waals surface area (Å²) >= 11 is 1.11. The van der Waals surface area contributed by atoms with Crippen LogP contribution in [0.2, 0.25) is 0 Å². The van der Waals surface area contributed by atoms with Gasteiger partial charge in [0.25, 0.3) is 0 Å². The number of carbonyl (C=O) groups is 2. The molecule has 0 spiro atoms. The van der Waals surface area contributed by atoms with Crippen LogP contribution in [0, 0.1) is 6.92 Å². The number of halogens is 3. The average Bonchev–Trinajstić information content (AvgIpc) is 2.93. The van der Waals surface area contributed by atoms with Crippen molar-refractivity contribution in [1.82, 2.24) is 5.32 Å². The number of aliphatic imine (C=N–C) groups is 1. The number of amidine groups is 1. The van der Waals surface area contributed by atoms with Gasteiger partial charge in [-0.05, 0) is 42.8 Å². The number of alkyl halides is 3. The lowest BCUT2D eigenvalue weighted by molar-refractivity contribution is -0.137. The molecule has 9 heteroatoms. The second-order valence-electron chi connectivity index (χ2n) is 6.18. The lowest BCUT2D eigenvalue weighted by Crippen LogP contribution is -2.28. The normalized spacial score (nSPS) is 18.2. The van der Waals surface area contributed by atoms with E-state index < -0.39 is 22.9 Å². The van der Waals surface area contributed by atoms with Gasteiger partial charge in [0.2, 0.25) is 11.8 Å². The highest BCUT2D eigenvalue weighted by molar-refractivity contribution is 8.15. The highest BCUT2D eigenvalue weighted by Crippen LogP contribution is 2.31. The number of amides is 2. The number of carbonyl (C=O) groups excluding carboxylic acids is 2. The van der Waals surface area contributed by atoms with E-state index in [2.05, 4.69) is 15.6 Å². The molecule has 1 aliphatic heterocycles. The van der Waals surface area contributed by atoms with Crippen LogP contribution < -0.4 is 10.6 Å². The van der Waals surface area contributed by atoms with Crippen molar-refractivity contribution in [3.8, 4) is 0 Å². The molecule has 0 aromatic heterocycles. The van der Waals surface area contributed by atoms with E-state index in [9.17, 15) is 22.8 Å². The van der Waals surface area contributed by atoms with Crippen molar-refractivity contribution in [3.63, 3.8) is 0 Å². The molecular weight excluding hydrogens is 391 g/mol. The number of aryl methyl sites for hydroxylation is 1. The highest BCUT2D eigenvalue weighted by Gasteiger charge is 2.33. The number of thioether (sulfide) groups is 1. The molecule has 3 rings (SSSR count). The van der Waals surface area contributed by atoms with Crippen molar-refractivity contribution in [2.24, 2.45) is 4.99 Å². The summed E-state index contributed by atoms with van der Waals surface area (Å²) < 4.78 is 38.2. The number of hydrogen-bond donors (Lipinski definition) is 2. The summed E-state index contributed by atoms with van der Waals surface area (Å²) in [6, 6.07) is 11.8. The molecule has 1 saturated heterocycles. The zero-order valence-corrected chi connectivity index (χ0v) is 15.5. The van der Waals surface area contributed by atoms with Crippen LogP contribution in [0.5, 0.6) is 0 Å². The molecule has 1 atom stereocenters. The predicted molar refractivity (Wildman–Crippen MR) is 102 cm³/mol. The summed E-state index contributed by atoms with van der Waals surface area (Å²) in [7, 11) is 0. The summed E-state index contributed by atoms with van der Waals surface area (Å²) in [6.07, 6.45) is -4.68. The maximum atomic E-state index is 12.7. The first-order valence-corrected chi connectivity index (χ1v) is 9.19. The molecule has 1 heterocycles. The second-order valence-corrected chi connectivity index (χ2v) is 7.37. The van der Waals surface area contributed by atoms with Gasteiger partial charge in [0.1, 0.15) is 5.25 Å². The molecule has 2 amide bonds. The van der Waals surface area contributed by atoms with Gasteiger partial charge in [-0.1, -0.05) is 30.0 Å². The molecule has 0 saturated carbocycles. The number of nitrogens with zero attached hydrogens (tertiary/aromatic N) is 1. The van der Waals surface area contributed by atoms with Crippen molar-refractivity contribution in [1.29, 1.82) is 0 Å². The Morgan fingerprint density at radius 2 is 1.96 bits per heavy atom. The van der Waals surface area contributed by atoms with E-state index in [1.54, 1.807) is 6.07 Å². The molecule has 146 valence electrons. The van der Waals surface area contributed by atoms with E-state index in [-0.39, 0.29) is 18.0 Å². The van der Waals surface area contributed by atoms with Crippen LogP contribution in [-0.4, -0.2) is 22.2 Å². The molecule has 0 radical (unpaired) electrons. The largest absolute Gasteiger partial charge is 0.416 e. The van der Waals surface area contributed by atoms with Gasteiger partial charge in [-0.15, -0.1) is 0 Å². The van der Waals surface area contributed by atoms with Crippen LogP contribution in [0.25, 0.3) is 0 Å². The minimum atomic E-state index is -4.50. The topological polar surface area (TPSA) is 70.6 Å². The first-order valence-electron chi connectivity index (χ1n) is 8.31. The van der Waals surface area contributed by atoms with Gasteiger partial charge >= 0.3 is 6.18 Å². The molecule has 0 bridgehead atoms. The molecule has 2 aromatic carbocycles. The fourth-order valence-electron chi connectivity index (χ4n) is 2.56. The van der Waals surface area contributed by atoms with Crippen LogP contribution in [-0.2, 0) is 15.8 Å². The Kier molecular flexibility index (Phi) is 5.73. The first kappa shape index (κ1) is 19.9. The minimum absolute atomic E-state index is 0.0249. The summed E-state index contributed by atoms with van der Waals surface area (Å²) in [5.74, 6) is -0.917. The Morgan fingerprint density at radius 1 is 1.21 bits per heavy atom. The second kappa shape index (κ2) is 8.05. The first-order chi connectivity index (χ1) is 13.2. The fourth-order valence-corrected chi connectivity index (χ4v) is 3.55. The SMILES string of the molecule is Cc1cccc(N=C2NC(=O)[C@H](CC(=O)Nc3cccc(C(F)(F)F)c3)S2)c1. The maximum absolute atomic E-state index is 12.7. The van der Waals surface area contributed by atoms with Crippen LogP contribution in [0.4, 0.5) is 24.5 Å². The molecule has 0 aliphatic carbocycles. The number of hydrogen-bond acceptors (Lipinski definition) is 4. The fraction of sp³-hybridized carbons (Fsp3) is 0.211. The standard InChI is InChI=1S/C19H16F3N3O2S/c1-11-4-2-6-13(8-11)24-18-25-17(27)15(28-18)10-16(26)23-14-7-3-5-12(9-14)19(20,21)22/h2-9,15H,10H2,1H3,(H,23,26)(H,24,25,27)/t15-/m0/s1. The lowest BCUT2D eigenvalue weighted by Gasteiger charge is -2.10. The Hall–Kier alpha value is -2.81. The van der Waals surface area contributed by atoms with Crippen LogP contribution >= 0.6 is 11.8 Å². The number of nitrogens with one attached hydrogen (secondary N) is 2. The van der Waals surface area contributed by atoms with Crippen LogP contribution in [0.15, 0.2) is 53.5 Å². The summed E-state index contributed by atoms with van der Waals surface area (Å²) in [5.41, 5.74) is 0.868. The Labute approximate surface area is 163 Å². The van der Waals surface area contributed by atoms with Gasteiger partial charge in [-0.2, -0.15) is 13.2 Å². The molecule has 2 aromatic rings. The Balaban J connectivity index is 1.62. The van der Waals surface area contributed by atoms with E-state index in [1.165, 1.54) is 12.1 Å². The Morgan fingerprint density at radius 3 is 2.68 bits per heavy atom. The molecule has 0 unspecified atom stereocenters. The molecule has 28 heavy (non-hydrogen) atoms. The van der Waals surface area contributed by atoms with Crippen molar-refractivity contribution in [2.45, 2.75) is 24.8 Å². The van der Waals surface area contributed by atoms with Gasteiger partial charge in [0, 0.05) is 12.1 Å². The van der Waals surface area contributed by atoms with E-state index in [0.717, 1.165) is 29.5 Å². The predicted octanol–water partition coefficient (Wildman–Crippen LogP) is 4.26. The number of benzene rings is 2. The van der Waals surface area contributed by atoms with Gasteiger partial charge in [-0.25, -0.2) is 4.99 Å². The van der Waals surface area contributed by atoms with E-state index in [0.29, 0.717) is 10.9 Å². The van der Waals surface area contributed by atoms with Gasteiger partial charge in [0.05, 0.1) is 11.3 Å². The zero-order chi connectivity index (χ0) is 20.3. The summed E-state index contributed by atoms with van der Waals surface area (Å²) in [6.45, 7) is 1.92. The minimum Gasteiger partial charge on any atom is -0.326 e. The number of anilines is 1. The third-order valence-electron chi connectivity index (χ3n) is 3.85. The monoisotopic (exact) mass is 407 g/mol. The van der Waals surface area contributed by atoms with Crippen LogP contribution in [0.1, 0.15) is 17.5 Å². The summed E-state index contributed by atoms with van der Waals surface area (Å²) in [4.78, 5) is 28.6. The van der Waals surface area contributed by atoms with E-state index in [4.69, 9.17) is 0 Å². The lowest BCUT2D eigenvalue weighted by atomic mass is 10.2. The van der Waals surface area contributed by atoms with E-state index >= 15 is 0 Å². The highest BCUT2D eigenvalue weighted by atomic mass is 32.2. The maximum Gasteiger partial charge on any atom is 0.416 e. The molecule has 1 aliphatic rings. The van der Waals surface area contributed by atoms with Crippen molar-refractivity contribution in [3.05, 3.63) is 59.7 Å². The van der Waals surface area contributed by atoms with E-state index in [1.807, 2.05) is 25.1 Å². The third kappa shape index (κ3) is 5.13. The van der Waals surface area contributed by atoms with Crippen molar-refractivity contribution < 1.29 is 22.8 Å². The van der Waals surface area contributed by atoms with Gasteiger partial charge in [0.15, 0.2) is 5.17 Å².